The summed E-state index contributed by atoms with van der Waals surface area (Å²) in [5, 5.41) is 0. The Hall–Kier alpha value is -0.410. The first-order chi connectivity index (χ1) is 6.31. The lowest BCUT2D eigenvalue weighted by Crippen LogP contribution is -2.37. The number of hydrogen-bond donors (Lipinski definition) is 0. The topological polar surface area (TPSA) is 29.5 Å². The Morgan fingerprint density at radius 2 is 2.31 bits per heavy atom. The van der Waals surface area contributed by atoms with Crippen LogP contribution in [-0.4, -0.2) is 43.0 Å². The number of aldehydes is 1. The van der Waals surface area contributed by atoms with Crippen LogP contribution in [0.25, 0.3) is 0 Å². The second-order valence-electron chi connectivity index (χ2n) is 3.58. The Labute approximate surface area is 80.1 Å². The molecule has 2 atom stereocenters. The Bertz CT molecular complexity index is 161. The van der Waals surface area contributed by atoms with Crippen LogP contribution in [0.4, 0.5) is 0 Å². The molecule has 0 unspecified atom stereocenters. The first-order valence-electron chi connectivity index (χ1n) is 5.07. The molecule has 0 N–H and O–H groups in total. The van der Waals surface area contributed by atoms with Crippen molar-refractivity contribution in [3.05, 3.63) is 0 Å². The van der Waals surface area contributed by atoms with Gasteiger partial charge in [-0.15, -0.1) is 0 Å². The van der Waals surface area contributed by atoms with Crippen molar-refractivity contribution in [3.63, 3.8) is 0 Å². The van der Waals surface area contributed by atoms with E-state index in [1.165, 1.54) is 32.9 Å². The lowest BCUT2D eigenvalue weighted by molar-refractivity contribution is -0.106. The Balaban J connectivity index is 0.000000251. The van der Waals surface area contributed by atoms with Gasteiger partial charge >= 0.3 is 0 Å². The molecule has 3 nitrogen and oxygen atoms in total. The number of carbonyl (C=O) groups is 1. The molecule has 76 valence electrons. The highest BCUT2D eigenvalue weighted by molar-refractivity contribution is 5.44. The summed E-state index contributed by atoms with van der Waals surface area (Å²) in [6, 6.07) is 0.768. The molecular weight excluding hydrogens is 166 g/mol. The highest BCUT2D eigenvalue weighted by Crippen LogP contribution is 2.27. The van der Waals surface area contributed by atoms with E-state index in [0.717, 1.165) is 18.9 Å². The van der Waals surface area contributed by atoms with Gasteiger partial charge in [0.25, 0.3) is 0 Å². The van der Waals surface area contributed by atoms with E-state index in [9.17, 15) is 0 Å². The number of nitrogens with zero attached hydrogens (tertiary/aromatic N) is 1. The summed E-state index contributed by atoms with van der Waals surface area (Å²) in [7, 11) is 0. The quantitative estimate of drug-likeness (QED) is 0.603. The molecule has 2 bridgehead atoms. The van der Waals surface area contributed by atoms with Gasteiger partial charge in [0.1, 0.15) is 6.29 Å². The van der Waals surface area contributed by atoms with Crippen LogP contribution in [0, 0.1) is 0 Å². The Kier molecular flexibility index (Phi) is 4.39. The van der Waals surface area contributed by atoms with E-state index in [1.807, 2.05) is 0 Å². The first-order valence-corrected chi connectivity index (χ1v) is 5.07. The third-order valence-corrected chi connectivity index (χ3v) is 2.52. The van der Waals surface area contributed by atoms with Gasteiger partial charge in [0.05, 0.1) is 12.7 Å². The van der Waals surface area contributed by atoms with Crippen LogP contribution in [0.5, 0.6) is 0 Å². The second-order valence-corrected chi connectivity index (χ2v) is 3.58. The standard InChI is InChI=1S/C8H15NO.C2H4O/c1-2-3-9-5-8-4-7(9)6-10-8;1-2-3/h7-8H,2-6H2,1H3;2H,1H3/t7-,8-;/m0./s1. The summed E-state index contributed by atoms with van der Waals surface area (Å²) < 4.78 is 5.49. The molecule has 2 aliphatic heterocycles. The predicted molar refractivity (Wildman–Crippen MR) is 51.7 cm³/mol. The maximum absolute atomic E-state index is 8.81. The van der Waals surface area contributed by atoms with E-state index in [1.54, 1.807) is 0 Å². The van der Waals surface area contributed by atoms with Gasteiger partial charge in [0.15, 0.2) is 0 Å². The summed E-state index contributed by atoms with van der Waals surface area (Å²) in [6.45, 7) is 7.14. The van der Waals surface area contributed by atoms with Crippen molar-refractivity contribution in [2.45, 2.75) is 38.8 Å². The van der Waals surface area contributed by atoms with E-state index >= 15 is 0 Å². The molecule has 2 heterocycles. The monoisotopic (exact) mass is 185 g/mol. The minimum Gasteiger partial charge on any atom is -0.375 e. The van der Waals surface area contributed by atoms with Crippen molar-refractivity contribution in [1.29, 1.82) is 0 Å². The van der Waals surface area contributed by atoms with Crippen molar-refractivity contribution in [2.24, 2.45) is 0 Å². The predicted octanol–water partition coefficient (Wildman–Crippen LogP) is 1.07. The van der Waals surface area contributed by atoms with Gasteiger partial charge in [-0.3, -0.25) is 4.90 Å². The van der Waals surface area contributed by atoms with E-state index in [0.29, 0.717) is 6.10 Å². The van der Waals surface area contributed by atoms with Crippen LogP contribution >= 0.6 is 0 Å². The molecule has 3 heteroatoms. The molecule has 13 heavy (non-hydrogen) atoms. The largest absolute Gasteiger partial charge is 0.375 e. The summed E-state index contributed by atoms with van der Waals surface area (Å²) in [5.74, 6) is 0. The van der Waals surface area contributed by atoms with Gasteiger partial charge in [-0.25, -0.2) is 0 Å². The zero-order chi connectivity index (χ0) is 9.68. The molecule has 2 saturated heterocycles. The van der Waals surface area contributed by atoms with Gasteiger partial charge in [-0.1, -0.05) is 6.92 Å². The summed E-state index contributed by atoms with van der Waals surface area (Å²) >= 11 is 0. The minimum atomic E-state index is 0.580. The minimum absolute atomic E-state index is 0.580. The van der Waals surface area contributed by atoms with Crippen molar-refractivity contribution in [2.75, 3.05) is 19.7 Å². The van der Waals surface area contributed by atoms with Gasteiger partial charge < -0.3 is 9.53 Å². The van der Waals surface area contributed by atoms with Crippen molar-refractivity contribution in [3.8, 4) is 0 Å². The number of fused-ring (bicyclic) bond motifs is 2. The highest BCUT2D eigenvalue weighted by atomic mass is 16.5. The number of ether oxygens (including phenoxy) is 1. The molecule has 0 spiro atoms. The zero-order valence-electron chi connectivity index (χ0n) is 8.53. The number of morpholine rings is 1. The van der Waals surface area contributed by atoms with Crippen LogP contribution < -0.4 is 0 Å². The average Bonchev–Trinajstić information content (AvgIpc) is 2.67. The van der Waals surface area contributed by atoms with Crippen molar-refractivity contribution < 1.29 is 9.53 Å². The fourth-order valence-electron chi connectivity index (χ4n) is 2.04. The lowest BCUT2D eigenvalue weighted by Gasteiger charge is -2.25. The van der Waals surface area contributed by atoms with Crippen LogP contribution in [0.2, 0.25) is 0 Å². The van der Waals surface area contributed by atoms with Gasteiger partial charge in [-0.2, -0.15) is 0 Å². The summed E-state index contributed by atoms with van der Waals surface area (Å²) in [6.07, 6.45) is 3.90. The molecule has 0 aromatic rings. The van der Waals surface area contributed by atoms with Crippen LogP contribution in [0.15, 0.2) is 0 Å². The van der Waals surface area contributed by atoms with Crippen LogP contribution in [0.1, 0.15) is 26.7 Å². The smallest absolute Gasteiger partial charge is 0.116 e. The molecule has 0 saturated carbocycles. The van der Waals surface area contributed by atoms with Gasteiger partial charge in [0, 0.05) is 12.6 Å². The molecule has 0 aromatic heterocycles. The maximum atomic E-state index is 8.81. The zero-order valence-corrected chi connectivity index (χ0v) is 8.53. The third-order valence-electron chi connectivity index (χ3n) is 2.52. The molecule has 0 aliphatic carbocycles. The summed E-state index contributed by atoms with van der Waals surface area (Å²) in [5.41, 5.74) is 0. The average molecular weight is 185 g/mol. The van der Waals surface area contributed by atoms with Crippen molar-refractivity contribution in [1.82, 2.24) is 4.90 Å². The van der Waals surface area contributed by atoms with E-state index in [2.05, 4.69) is 11.8 Å². The second kappa shape index (κ2) is 5.35. The van der Waals surface area contributed by atoms with Crippen molar-refractivity contribution >= 4 is 6.29 Å². The molecule has 0 aromatic carbocycles. The molecule has 2 aliphatic rings. The van der Waals surface area contributed by atoms with E-state index in [4.69, 9.17) is 9.53 Å². The SMILES string of the molecule is CC=O.CCCN1C[C@@H]2C[C@H]1CO2. The van der Waals surface area contributed by atoms with Crippen LogP contribution in [0.3, 0.4) is 0 Å². The number of likely N-dealkylation sites (tertiary alicyclic amines) is 1. The summed E-state index contributed by atoms with van der Waals surface area (Å²) in [4.78, 5) is 11.4. The van der Waals surface area contributed by atoms with Gasteiger partial charge in [-0.05, 0) is 26.3 Å². The highest BCUT2D eigenvalue weighted by Gasteiger charge is 2.37. The molecule has 2 rings (SSSR count). The third kappa shape index (κ3) is 2.78. The molecule has 0 amide bonds. The maximum Gasteiger partial charge on any atom is 0.116 e. The van der Waals surface area contributed by atoms with Crippen LogP contribution in [-0.2, 0) is 9.53 Å². The Morgan fingerprint density at radius 3 is 2.69 bits per heavy atom. The van der Waals surface area contributed by atoms with E-state index < -0.39 is 0 Å². The molecular formula is C10H19NO2. The fourth-order valence-corrected chi connectivity index (χ4v) is 2.04. The number of rotatable bonds is 2. The lowest BCUT2D eigenvalue weighted by atomic mass is 10.2. The number of carbonyl (C=O) groups excluding carboxylic acids is 1. The Morgan fingerprint density at radius 1 is 1.62 bits per heavy atom. The normalized spacial score (nSPS) is 31.2. The van der Waals surface area contributed by atoms with E-state index in [-0.39, 0.29) is 0 Å². The molecule has 0 radical (unpaired) electrons. The fraction of sp³-hybridized carbons (Fsp3) is 0.900. The first kappa shape index (κ1) is 10.7. The number of hydrogen-bond acceptors (Lipinski definition) is 3. The van der Waals surface area contributed by atoms with Gasteiger partial charge in [0.2, 0.25) is 0 Å². The molecule has 2 fully saturated rings.